The summed E-state index contributed by atoms with van der Waals surface area (Å²) in [4.78, 5) is 11.6. The van der Waals surface area contributed by atoms with E-state index >= 15 is 0 Å². The Morgan fingerprint density at radius 3 is 2.41 bits per heavy atom. The third kappa shape index (κ3) is 7.32. The van der Waals surface area contributed by atoms with Crippen molar-refractivity contribution < 1.29 is 29.2 Å². The highest BCUT2D eigenvalue weighted by atomic mass is 32.2. The Labute approximate surface area is 205 Å². The second-order valence-corrected chi connectivity index (χ2v) is 9.25. The van der Waals surface area contributed by atoms with E-state index in [2.05, 4.69) is 18.8 Å². The van der Waals surface area contributed by atoms with Crippen LogP contribution < -0.4 is 5.32 Å². The highest BCUT2D eigenvalue weighted by Gasteiger charge is 2.38. The van der Waals surface area contributed by atoms with E-state index in [0.717, 1.165) is 28.0 Å². The van der Waals surface area contributed by atoms with Gasteiger partial charge in [-0.05, 0) is 16.7 Å². The molecule has 1 heterocycles. The van der Waals surface area contributed by atoms with E-state index in [4.69, 9.17) is 14.2 Å². The number of thioether (sulfide) groups is 1. The maximum atomic E-state index is 11.6. The number of carbonyl (C=O) groups is 1. The van der Waals surface area contributed by atoms with Crippen molar-refractivity contribution in [3.63, 3.8) is 0 Å². The summed E-state index contributed by atoms with van der Waals surface area (Å²) in [5.74, 6) is 1.51. The molecule has 0 aromatic heterocycles. The molecule has 2 aromatic rings. The summed E-state index contributed by atoms with van der Waals surface area (Å²) in [6.07, 6.45) is 0.252. The van der Waals surface area contributed by atoms with Crippen LogP contribution in [0.15, 0.2) is 61.2 Å². The summed E-state index contributed by atoms with van der Waals surface area (Å²) in [5, 5.41) is 21.2. The Morgan fingerprint density at radius 2 is 1.76 bits per heavy atom. The van der Waals surface area contributed by atoms with E-state index in [1.165, 1.54) is 6.08 Å². The van der Waals surface area contributed by atoms with Crippen LogP contribution in [-0.2, 0) is 27.4 Å². The van der Waals surface area contributed by atoms with Crippen molar-refractivity contribution in [3.8, 4) is 0 Å². The molecule has 1 amide bonds. The number of nitrogens with one attached hydrogen (secondary N) is 1. The van der Waals surface area contributed by atoms with Crippen molar-refractivity contribution in [3.05, 3.63) is 83.4 Å². The smallest absolute Gasteiger partial charge is 0.407 e. The van der Waals surface area contributed by atoms with Crippen molar-refractivity contribution in [2.24, 2.45) is 5.92 Å². The molecule has 1 aliphatic heterocycles. The third-order valence-electron chi connectivity index (χ3n) is 5.66. The molecule has 3 N–H and O–H groups in total. The largest absolute Gasteiger partial charge is 0.445 e. The minimum absolute atomic E-state index is 0.000697. The van der Waals surface area contributed by atoms with Crippen LogP contribution in [-0.4, -0.2) is 47.1 Å². The molecule has 0 saturated carbocycles. The lowest BCUT2D eigenvalue weighted by Crippen LogP contribution is -2.38. The van der Waals surface area contributed by atoms with Gasteiger partial charge in [0.25, 0.3) is 0 Å². The van der Waals surface area contributed by atoms with E-state index in [9.17, 15) is 15.0 Å². The SMILES string of the molecule is C=CCOC(=O)NCc1ccc(C2OC(CSCCO)C(C)C(c3ccc(CO)cc3)O2)cc1. The minimum Gasteiger partial charge on any atom is -0.445 e. The van der Waals surface area contributed by atoms with Crippen LogP contribution in [0.25, 0.3) is 0 Å². The average Bonchev–Trinajstić information content (AvgIpc) is 2.87. The molecule has 2 aromatic carbocycles. The lowest BCUT2D eigenvalue weighted by Gasteiger charge is -2.41. The van der Waals surface area contributed by atoms with Gasteiger partial charge in [0.15, 0.2) is 6.29 Å². The van der Waals surface area contributed by atoms with Gasteiger partial charge in [-0.2, -0.15) is 11.8 Å². The molecule has 0 radical (unpaired) electrons. The molecule has 0 bridgehead atoms. The summed E-state index contributed by atoms with van der Waals surface area (Å²) in [7, 11) is 0. The molecule has 4 atom stereocenters. The number of amides is 1. The number of alkyl carbamates (subject to hydrolysis) is 1. The Bertz CT molecular complexity index is 905. The molecule has 4 unspecified atom stereocenters. The molecular formula is C26H33NO6S. The van der Waals surface area contributed by atoms with Gasteiger partial charge in [-0.3, -0.25) is 0 Å². The van der Waals surface area contributed by atoms with Gasteiger partial charge in [-0.25, -0.2) is 4.79 Å². The fourth-order valence-electron chi connectivity index (χ4n) is 3.73. The zero-order valence-electron chi connectivity index (χ0n) is 19.4. The number of benzene rings is 2. The maximum absolute atomic E-state index is 11.6. The minimum atomic E-state index is -0.544. The summed E-state index contributed by atoms with van der Waals surface area (Å²) in [6.45, 7) is 6.28. The summed E-state index contributed by atoms with van der Waals surface area (Å²) in [5.41, 5.74) is 3.70. The van der Waals surface area contributed by atoms with Crippen molar-refractivity contribution >= 4 is 17.9 Å². The number of ether oxygens (including phenoxy) is 3. The standard InChI is InChI=1S/C26H33NO6S/c1-3-13-31-26(30)27-15-19-4-10-22(11-5-19)25-32-23(17-34-14-12-28)18(2)24(33-25)21-8-6-20(16-29)7-9-21/h3-11,18,23-25,28-29H,1,12-17H2,2H3,(H,27,30). The number of rotatable bonds is 11. The summed E-state index contributed by atoms with van der Waals surface area (Å²) < 4.78 is 17.7. The molecule has 0 aliphatic carbocycles. The molecule has 7 nitrogen and oxygen atoms in total. The first kappa shape index (κ1) is 26.2. The van der Waals surface area contributed by atoms with Gasteiger partial charge in [0.05, 0.1) is 25.4 Å². The van der Waals surface area contributed by atoms with Crippen LogP contribution >= 0.6 is 11.8 Å². The van der Waals surface area contributed by atoms with E-state index in [0.29, 0.717) is 12.3 Å². The van der Waals surface area contributed by atoms with Crippen molar-refractivity contribution in [1.82, 2.24) is 5.32 Å². The van der Waals surface area contributed by atoms with E-state index in [-0.39, 0.29) is 37.9 Å². The summed E-state index contributed by atoms with van der Waals surface area (Å²) in [6, 6.07) is 15.5. The second kappa shape index (κ2) is 13.5. The zero-order valence-corrected chi connectivity index (χ0v) is 20.2. The van der Waals surface area contributed by atoms with Crippen molar-refractivity contribution in [2.75, 3.05) is 24.7 Å². The van der Waals surface area contributed by atoms with Gasteiger partial charge in [-0.1, -0.05) is 68.1 Å². The number of aliphatic hydroxyl groups excluding tert-OH is 2. The first-order valence-electron chi connectivity index (χ1n) is 11.3. The highest BCUT2D eigenvalue weighted by Crippen LogP contribution is 2.42. The van der Waals surface area contributed by atoms with Crippen LogP contribution in [0.2, 0.25) is 0 Å². The average molecular weight is 488 g/mol. The van der Waals surface area contributed by atoms with Gasteiger partial charge in [0.1, 0.15) is 6.61 Å². The Hall–Kier alpha value is -2.36. The monoisotopic (exact) mass is 487 g/mol. The predicted octanol–water partition coefficient (Wildman–Crippen LogP) is 4.11. The lowest BCUT2D eigenvalue weighted by atomic mass is 9.91. The first-order valence-corrected chi connectivity index (χ1v) is 12.5. The number of hydrogen-bond donors (Lipinski definition) is 3. The zero-order chi connectivity index (χ0) is 24.3. The van der Waals surface area contributed by atoms with E-state index in [1.807, 2.05) is 48.5 Å². The lowest BCUT2D eigenvalue weighted by molar-refractivity contribution is -0.268. The van der Waals surface area contributed by atoms with Crippen molar-refractivity contribution in [1.29, 1.82) is 0 Å². The molecule has 184 valence electrons. The maximum Gasteiger partial charge on any atom is 0.407 e. The molecule has 0 spiro atoms. The molecule has 1 fully saturated rings. The van der Waals surface area contributed by atoms with Gasteiger partial charge in [-0.15, -0.1) is 0 Å². The van der Waals surface area contributed by atoms with Crippen LogP contribution in [0.1, 0.15) is 41.6 Å². The Kier molecular flexibility index (Phi) is 10.4. The molecular weight excluding hydrogens is 454 g/mol. The fourth-order valence-corrected chi connectivity index (χ4v) is 4.64. The fraction of sp³-hybridized carbons (Fsp3) is 0.423. The Balaban J connectivity index is 1.72. The predicted molar refractivity (Wildman–Crippen MR) is 132 cm³/mol. The van der Waals surface area contributed by atoms with Gasteiger partial charge >= 0.3 is 6.09 Å². The van der Waals surface area contributed by atoms with Crippen LogP contribution in [0.5, 0.6) is 0 Å². The van der Waals surface area contributed by atoms with Gasteiger partial charge < -0.3 is 29.7 Å². The van der Waals surface area contributed by atoms with E-state index in [1.54, 1.807) is 11.8 Å². The van der Waals surface area contributed by atoms with E-state index < -0.39 is 12.4 Å². The van der Waals surface area contributed by atoms with Crippen LogP contribution in [0, 0.1) is 5.92 Å². The molecule has 8 heteroatoms. The number of hydrogen-bond acceptors (Lipinski definition) is 7. The quantitative estimate of drug-likeness (QED) is 0.324. The second-order valence-electron chi connectivity index (χ2n) is 8.10. The third-order valence-corrected chi connectivity index (χ3v) is 6.70. The molecule has 3 rings (SSSR count). The van der Waals surface area contributed by atoms with Crippen LogP contribution in [0.4, 0.5) is 4.79 Å². The highest BCUT2D eigenvalue weighted by molar-refractivity contribution is 7.99. The first-order chi connectivity index (χ1) is 16.5. The van der Waals surface area contributed by atoms with Crippen molar-refractivity contribution in [2.45, 2.75) is 38.6 Å². The molecule has 1 saturated heterocycles. The molecule has 34 heavy (non-hydrogen) atoms. The van der Waals surface area contributed by atoms with Crippen LogP contribution in [0.3, 0.4) is 0 Å². The number of carbonyl (C=O) groups excluding carboxylic acids is 1. The topological polar surface area (TPSA) is 97.3 Å². The van der Waals surface area contributed by atoms with Gasteiger partial charge in [0.2, 0.25) is 0 Å². The normalized spacial score (nSPS) is 22.2. The number of aliphatic hydroxyl groups is 2. The Morgan fingerprint density at radius 1 is 1.09 bits per heavy atom. The van der Waals surface area contributed by atoms with Gasteiger partial charge in [0, 0.05) is 29.5 Å². The summed E-state index contributed by atoms with van der Waals surface area (Å²) >= 11 is 1.66. The molecule has 1 aliphatic rings.